The summed E-state index contributed by atoms with van der Waals surface area (Å²) >= 11 is 5.93. The SMILES string of the molecule is NC[C@H]1Cc2cccc(Cl)c2O1. The fourth-order valence-electron chi connectivity index (χ4n) is 1.43. The van der Waals surface area contributed by atoms with E-state index >= 15 is 0 Å². The molecule has 0 aromatic heterocycles. The topological polar surface area (TPSA) is 35.2 Å². The number of para-hydroxylation sites is 1. The highest BCUT2D eigenvalue weighted by Crippen LogP contribution is 2.35. The average molecular weight is 184 g/mol. The van der Waals surface area contributed by atoms with Crippen molar-refractivity contribution in [1.29, 1.82) is 0 Å². The number of hydrogen-bond acceptors (Lipinski definition) is 2. The van der Waals surface area contributed by atoms with Crippen molar-refractivity contribution in [3.05, 3.63) is 28.8 Å². The van der Waals surface area contributed by atoms with Crippen LogP contribution < -0.4 is 10.5 Å². The molecule has 0 spiro atoms. The number of halogens is 1. The largest absolute Gasteiger partial charge is 0.487 e. The third-order valence-corrected chi connectivity index (χ3v) is 2.34. The van der Waals surface area contributed by atoms with Gasteiger partial charge in [0.15, 0.2) is 0 Å². The van der Waals surface area contributed by atoms with Gasteiger partial charge in [-0.15, -0.1) is 0 Å². The van der Waals surface area contributed by atoms with Crippen molar-refractivity contribution in [3.63, 3.8) is 0 Å². The van der Waals surface area contributed by atoms with E-state index in [2.05, 4.69) is 0 Å². The molecule has 3 heteroatoms. The summed E-state index contributed by atoms with van der Waals surface area (Å²) in [4.78, 5) is 0. The zero-order chi connectivity index (χ0) is 8.55. The zero-order valence-corrected chi connectivity index (χ0v) is 7.34. The molecule has 1 aromatic rings. The zero-order valence-electron chi connectivity index (χ0n) is 6.59. The molecule has 64 valence electrons. The average Bonchev–Trinajstić information content (AvgIpc) is 2.49. The molecule has 0 aliphatic carbocycles. The number of benzene rings is 1. The summed E-state index contributed by atoms with van der Waals surface area (Å²) in [7, 11) is 0. The predicted molar refractivity (Wildman–Crippen MR) is 48.6 cm³/mol. The molecular formula is C9H10ClNO. The van der Waals surface area contributed by atoms with Gasteiger partial charge in [-0.25, -0.2) is 0 Å². The Labute approximate surface area is 76.3 Å². The number of fused-ring (bicyclic) bond motifs is 1. The highest BCUT2D eigenvalue weighted by atomic mass is 35.5. The van der Waals surface area contributed by atoms with E-state index < -0.39 is 0 Å². The number of ether oxygens (including phenoxy) is 1. The number of nitrogens with two attached hydrogens (primary N) is 1. The van der Waals surface area contributed by atoms with Gasteiger partial charge < -0.3 is 10.5 Å². The van der Waals surface area contributed by atoms with Gasteiger partial charge in [0.25, 0.3) is 0 Å². The van der Waals surface area contributed by atoms with Crippen LogP contribution in [-0.2, 0) is 6.42 Å². The van der Waals surface area contributed by atoms with Crippen molar-refractivity contribution in [2.24, 2.45) is 5.73 Å². The molecule has 12 heavy (non-hydrogen) atoms. The second kappa shape index (κ2) is 2.96. The highest BCUT2D eigenvalue weighted by molar-refractivity contribution is 6.32. The molecule has 0 saturated carbocycles. The van der Waals surface area contributed by atoms with Gasteiger partial charge in [0.2, 0.25) is 0 Å². The smallest absolute Gasteiger partial charge is 0.141 e. The molecule has 0 fully saturated rings. The van der Waals surface area contributed by atoms with Crippen molar-refractivity contribution in [3.8, 4) is 5.75 Å². The highest BCUT2D eigenvalue weighted by Gasteiger charge is 2.22. The molecule has 0 unspecified atom stereocenters. The summed E-state index contributed by atoms with van der Waals surface area (Å²) in [6.45, 7) is 0.547. The minimum absolute atomic E-state index is 0.111. The lowest BCUT2D eigenvalue weighted by Crippen LogP contribution is -2.24. The maximum atomic E-state index is 5.93. The van der Waals surface area contributed by atoms with Crippen LogP contribution in [-0.4, -0.2) is 12.6 Å². The summed E-state index contributed by atoms with van der Waals surface area (Å²) in [5.41, 5.74) is 6.66. The van der Waals surface area contributed by atoms with Gasteiger partial charge in [-0.05, 0) is 11.6 Å². The maximum Gasteiger partial charge on any atom is 0.141 e. The first kappa shape index (κ1) is 7.90. The molecule has 2 nitrogen and oxygen atoms in total. The van der Waals surface area contributed by atoms with Crippen LogP contribution in [0, 0.1) is 0 Å². The molecule has 0 saturated heterocycles. The fraction of sp³-hybridized carbons (Fsp3) is 0.333. The van der Waals surface area contributed by atoms with Crippen LogP contribution in [0.3, 0.4) is 0 Å². The monoisotopic (exact) mass is 183 g/mol. The van der Waals surface area contributed by atoms with E-state index in [9.17, 15) is 0 Å². The second-order valence-electron chi connectivity index (χ2n) is 2.91. The van der Waals surface area contributed by atoms with Crippen LogP contribution >= 0.6 is 11.6 Å². The Morgan fingerprint density at radius 3 is 3.08 bits per heavy atom. The van der Waals surface area contributed by atoms with E-state index in [0.717, 1.165) is 17.7 Å². The lowest BCUT2D eigenvalue weighted by atomic mass is 10.1. The third kappa shape index (κ3) is 1.17. The first-order valence-corrected chi connectivity index (χ1v) is 4.33. The molecule has 0 amide bonds. The molecule has 2 N–H and O–H groups in total. The second-order valence-corrected chi connectivity index (χ2v) is 3.31. The molecule has 0 radical (unpaired) electrons. The Kier molecular flexibility index (Phi) is 1.95. The standard InChI is InChI=1S/C9H10ClNO/c10-8-3-1-2-6-4-7(5-11)12-9(6)8/h1-3,7H,4-5,11H2/t7-/m1/s1. The summed E-state index contributed by atoms with van der Waals surface area (Å²) in [5.74, 6) is 0.814. The van der Waals surface area contributed by atoms with Crippen molar-refractivity contribution < 1.29 is 4.74 Å². The minimum Gasteiger partial charge on any atom is -0.487 e. The van der Waals surface area contributed by atoms with E-state index in [1.54, 1.807) is 0 Å². The van der Waals surface area contributed by atoms with Crippen molar-refractivity contribution >= 4 is 11.6 Å². The molecule has 1 heterocycles. The van der Waals surface area contributed by atoms with Gasteiger partial charge in [-0.1, -0.05) is 23.7 Å². The van der Waals surface area contributed by atoms with Crippen LogP contribution in [0.15, 0.2) is 18.2 Å². The van der Waals surface area contributed by atoms with Crippen molar-refractivity contribution in [1.82, 2.24) is 0 Å². The van der Waals surface area contributed by atoms with E-state index in [-0.39, 0.29) is 6.10 Å². The van der Waals surface area contributed by atoms with E-state index in [1.165, 1.54) is 0 Å². The molecule has 1 atom stereocenters. The van der Waals surface area contributed by atoms with Crippen LogP contribution in [0.5, 0.6) is 5.75 Å². The van der Waals surface area contributed by atoms with Gasteiger partial charge in [0.1, 0.15) is 11.9 Å². The lowest BCUT2D eigenvalue weighted by Gasteiger charge is -2.06. The number of rotatable bonds is 1. The van der Waals surface area contributed by atoms with Crippen LogP contribution in [0.1, 0.15) is 5.56 Å². The Morgan fingerprint density at radius 2 is 2.42 bits per heavy atom. The molecule has 1 aromatic carbocycles. The van der Waals surface area contributed by atoms with Crippen LogP contribution in [0.2, 0.25) is 5.02 Å². The van der Waals surface area contributed by atoms with Gasteiger partial charge in [0, 0.05) is 13.0 Å². The van der Waals surface area contributed by atoms with Gasteiger partial charge in [0.05, 0.1) is 5.02 Å². The Morgan fingerprint density at radius 1 is 1.58 bits per heavy atom. The third-order valence-electron chi connectivity index (χ3n) is 2.04. The Bertz CT molecular complexity index is 301. The van der Waals surface area contributed by atoms with Crippen molar-refractivity contribution in [2.75, 3.05) is 6.54 Å². The maximum absolute atomic E-state index is 5.93. The molecule has 0 bridgehead atoms. The molecule has 2 rings (SSSR count). The number of hydrogen-bond donors (Lipinski definition) is 1. The van der Waals surface area contributed by atoms with E-state index in [4.69, 9.17) is 22.1 Å². The van der Waals surface area contributed by atoms with Gasteiger partial charge >= 0.3 is 0 Å². The van der Waals surface area contributed by atoms with Gasteiger partial charge in [-0.3, -0.25) is 0 Å². The summed E-state index contributed by atoms with van der Waals surface area (Å²) in [5, 5.41) is 0.684. The molecule has 1 aliphatic rings. The van der Waals surface area contributed by atoms with E-state index in [1.807, 2.05) is 18.2 Å². The molecule has 1 aliphatic heterocycles. The Balaban J connectivity index is 2.35. The van der Waals surface area contributed by atoms with Gasteiger partial charge in [-0.2, -0.15) is 0 Å². The predicted octanol–water partition coefficient (Wildman–Crippen LogP) is 1.60. The van der Waals surface area contributed by atoms with Crippen molar-refractivity contribution in [2.45, 2.75) is 12.5 Å². The van der Waals surface area contributed by atoms with E-state index in [0.29, 0.717) is 11.6 Å². The summed E-state index contributed by atoms with van der Waals surface area (Å²) < 4.78 is 5.53. The normalized spacial score (nSPS) is 20.3. The van der Waals surface area contributed by atoms with Crippen LogP contribution in [0.4, 0.5) is 0 Å². The molecular weight excluding hydrogens is 174 g/mol. The minimum atomic E-state index is 0.111. The quantitative estimate of drug-likeness (QED) is 0.718. The fourth-order valence-corrected chi connectivity index (χ4v) is 1.67. The summed E-state index contributed by atoms with van der Waals surface area (Å²) in [6.07, 6.45) is 0.992. The summed E-state index contributed by atoms with van der Waals surface area (Å²) in [6, 6.07) is 5.79. The van der Waals surface area contributed by atoms with Crippen LogP contribution in [0.25, 0.3) is 0 Å². The first-order valence-electron chi connectivity index (χ1n) is 3.95. The Hall–Kier alpha value is -0.730. The first-order chi connectivity index (χ1) is 5.81. The lowest BCUT2D eigenvalue weighted by molar-refractivity contribution is 0.241.